The molecule has 0 bridgehead atoms. The average Bonchev–Trinajstić information content (AvgIpc) is 3.49. The lowest BCUT2D eigenvalue weighted by Crippen LogP contribution is -2.43. The lowest BCUT2D eigenvalue weighted by molar-refractivity contribution is -0.119. The van der Waals surface area contributed by atoms with Crippen LogP contribution in [-0.2, 0) is 11.2 Å². The van der Waals surface area contributed by atoms with Crippen LogP contribution in [0.4, 0.5) is 4.79 Å². The van der Waals surface area contributed by atoms with Crippen molar-refractivity contribution in [2.45, 2.75) is 42.6 Å². The second kappa shape index (κ2) is 9.53. The van der Waals surface area contributed by atoms with Gasteiger partial charge in [-0.1, -0.05) is 53.7 Å². The Balaban J connectivity index is 1.55. The molecule has 2 aromatic carbocycles. The van der Waals surface area contributed by atoms with Crippen molar-refractivity contribution >= 4 is 35.3 Å². The van der Waals surface area contributed by atoms with Crippen molar-refractivity contribution in [1.29, 1.82) is 0 Å². The summed E-state index contributed by atoms with van der Waals surface area (Å²) in [5.74, 6) is 0.369. The van der Waals surface area contributed by atoms with Gasteiger partial charge in [-0.2, -0.15) is 0 Å². The van der Waals surface area contributed by atoms with Crippen LogP contribution < -0.4 is 10.6 Å². The van der Waals surface area contributed by atoms with Crippen LogP contribution in [0.2, 0.25) is 5.02 Å². The molecule has 0 aliphatic heterocycles. The number of carbonyl (C=O) groups is 2. The minimum Gasteiger partial charge on any atom is -0.335 e. The summed E-state index contributed by atoms with van der Waals surface area (Å²) < 4.78 is 1.92. The minimum absolute atomic E-state index is 0.185. The fourth-order valence-corrected chi connectivity index (χ4v) is 4.01. The van der Waals surface area contributed by atoms with Crippen molar-refractivity contribution in [2.24, 2.45) is 0 Å². The van der Waals surface area contributed by atoms with E-state index in [2.05, 4.69) is 20.8 Å². The van der Waals surface area contributed by atoms with E-state index >= 15 is 0 Å². The van der Waals surface area contributed by atoms with Gasteiger partial charge in [0, 0.05) is 23.2 Å². The molecule has 1 aliphatic carbocycles. The van der Waals surface area contributed by atoms with Crippen molar-refractivity contribution in [2.75, 3.05) is 0 Å². The Morgan fingerprint density at radius 2 is 1.84 bits per heavy atom. The highest BCUT2D eigenvalue weighted by Gasteiger charge is 2.26. The van der Waals surface area contributed by atoms with Gasteiger partial charge in [-0.05, 0) is 49.6 Å². The molecule has 0 spiro atoms. The molecule has 9 heteroatoms. The molecule has 0 radical (unpaired) electrons. The number of hydrogen-bond donors (Lipinski definition) is 2. The maximum atomic E-state index is 12.5. The maximum Gasteiger partial charge on any atom is 0.321 e. The quantitative estimate of drug-likeness (QED) is 0.526. The van der Waals surface area contributed by atoms with E-state index in [0.29, 0.717) is 16.6 Å². The van der Waals surface area contributed by atoms with Gasteiger partial charge < -0.3 is 5.32 Å². The lowest BCUT2D eigenvalue weighted by atomic mass is 10.1. The summed E-state index contributed by atoms with van der Waals surface area (Å²) >= 11 is 7.31. The van der Waals surface area contributed by atoms with Crippen molar-refractivity contribution in [3.05, 3.63) is 71.0 Å². The standard InChI is InChI=1S/C22H22ClN5O2S/c1-14(20(29)25-21(30)24-17-9-10-17)31-22-27-26-19(13-15-5-3-2-4-6-15)28(22)18-11-7-16(23)8-12-18/h2-8,11-12,14,17H,9-10,13H2,1H3,(H2,24,25,29,30). The predicted molar refractivity (Wildman–Crippen MR) is 121 cm³/mol. The van der Waals surface area contributed by atoms with Crippen LogP contribution >= 0.6 is 23.4 Å². The summed E-state index contributed by atoms with van der Waals surface area (Å²) in [7, 11) is 0. The maximum absolute atomic E-state index is 12.5. The number of thioether (sulfide) groups is 1. The Hall–Kier alpha value is -2.84. The summed E-state index contributed by atoms with van der Waals surface area (Å²) in [6.45, 7) is 1.74. The SMILES string of the molecule is CC(Sc1nnc(Cc2ccccc2)n1-c1ccc(Cl)cc1)C(=O)NC(=O)NC1CC1. The highest BCUT2D eigenvalue weighted by atomic mass is 35.5. The molecule has 1 atom stereocenters. The third-order valence-corrected chi connectivity index (χ3v) is 6.09. The number of rotatable bonds is 7. The molecule has 1 unspecified atom stereocenters. The monoisotopic (exact) mass is 455 g/mol. The Bertz CT molecular complexity index is 1070. The van der Waals surface area contributed by atoms with Crippen molar-refractivity contribution < 1.29 is 9.59 Å². The van der Waals surface area contributed by atoms with Crippen LogP contribution in [0.15, 0.2) is 59.8 Å². The highest BCUT2D eigenvalue weighted by molar-refractivity contribution is 8.00. The first-order valence-corrected chi connectivity index (χ1v) is 11.3. The van der Waals surface area contributed by atoms with Gasteiger partial charge in [0.15, 0.2) is 5.16 Å². The average molecular weight is 456 g/mol. The molecule has 3 amide bonds. The number of imide groups is 1. The number of nitrogens with one attached hydrogen (secondary N) is 2. The molecule has 1 aromatic heterocycles. The van der Waals surface area contributed by atoms with Crippen LogP contribution in [0.1, 0.15) is 31.2 Å². The second-order valence-corrected chi connectivity index (χ2v) is 9.11. The van der Waals surface area contributed by atoms with E-state index in [1.165, 1.54) is 11.8 Å². The number of aromatic nitrogens is 3. The fourth-order valence-electron chi connectivity index (χ4n) is 2.99. The van der Waals surface area contributed by atoms with Crippen LogP contribution in [-0.4, -0.2) is 38.0 Å². The molecule has 4 rings (SSSR count). The van der Waals surface area contributed by atoms with Crippen molar-refractivity contribution in [1.82, 2.24) is 25.4 Å². The molecule has 7 nitrogen and oxygen atoms in total. The summed E-state index contributed by atoms with van der Waals surface area (Å²) in [5, 5.41) is 14.5. The van der Waals surface area contributed by atoms with Crippen molar-refractivity contribution in [3.63, 3.8) is 0 Å². The van der Waals surface area contributed by atoms with Gasteiger partial charge in [0.1, 0.15) is 5.82 Å². The zero-order chi connectivity index (χ0) is 21.8. The number of benzene rings is 2. The Labute approximate surface area is 189 Å². The van der Waals surface area contributed by atoms with Crippen LogP contribution in [0.5, 0.6) is 0 Å². The van der Waals surface area contributed by atoms with Crippen LogP contribution in [0.3, 0.4) is 0 Å². The third kappa shape index (κ3) is 5.65. The molecular formula is C22H22ClN5O2S. The number of halogens is 1. The van der Waals surface area contributed by atoms with E-state index in [-0.39, 0.29) is 11.9 Å². The number of urea groups is 1. The molecule has 1 fully saturated rings. The van der Waals surface area contributed by atoms with Gasteiger partial charge in [0.25, 0.3) is 0 Å². The first-order chi connectivity index (χ1) is 15.0. The van der Waals surface area contributed by atoms with Gasteiger partial charge in [0.05, 0.1) is 5.25 Å². The molecule has 1 aliphatic rings. The molecule has 1 heterocycles. The highest BCUT2D eigenvalue weighted by Crippen LogP contribution is 2.27. The second-order valence-electron chi connectivity index (χ2n) is 7.37. The summed E-state index contributed by atoms with van der Waals surface area (Å²) in [5.41, 5.74) is 1.95. The lowest BCUT2D eigenvalue weighted by Gasteiger charge is -2.14. The van der Waals surface area contributed by atoms with E-state index in [1.807, 2.05) is 47.0 Å². The smallest absolute Gasteiger partial charge is 0.321 e. The summed E-state index contributed by atoms with van der Waals surface area (Å²) in [6.07, 6.45) is 2.50. The number of nitrogens with zero attached hydrogens (tertiary/aromatic N) is 3. The zero-order valence-corrected chi connectivity index (χ0v) is 18.5. The van der Waals surface area contributed by atoms with Crippen molar-refractivity contribution in [3.8, 4) is 5.69 Å². The van der Waals surface area contributed by atoms with Gasteiger partial charge >= 0.3 is 6.03 Å². The van der Waals surface area contributed by atoms with E-state index in [9.17, 15) is 9.59 Å². The predicted octanol–water partition coefficient (Wildman–Crippen LogP) is 3.98. The van der Waals surface area contributed by atoms with E-state index in [4.69, 9.17) is 11.6 Å². The third-order valence-electron chi connectivity index (χ3n) is 4.79. The Morgan fingerprint density at radius 1 is 1.13 bits per heavy atom. The van der Waals surface area contributed by atoms with Gasteiger partial charge in [0.2, 0.25) is 5.91 Å². The summed E-state index contributed by atoms with van der Waals surface area (Å²) in [6, 6.07) is 17.1. The summed E-state index contributed by atoms with van der Waals surface area (Å²) in [4.78, 5) is 24.4. The molecule has 0 saturated heterocycles. The first kappa shape index (κ1) is 21.4. The van der Waals surface area contributed by atoms with E-state index in [1.54, 1.807) is 19.1 Å². The Morgan fingerprint density at radius 3 is 2.52 bits per heavy atom. The number of carbonyl (C=O) groups excluding carboxylic acids is 2. The molecular weight excluding hydrogens is 434 g/mol. The van der Waals surface area contributed by atoms with Gasteiger partial charge in [-0.3, -0.25) is 14.7 Å². The normalized spacial score (nSPS) is 14.1. The molecule has 160 valence electrons. The molecule has 1 saturated carbocycles. The van der Waals surface area contributed by atoms with Crippen LogP contribution in [0.25, 0.3) is 5.69 Å². The Kier molecular flexibility index (Phi) is 6.58. The van der Waals surface area contributed by atoms with E-state index in [0.717, 1.165) is 29.9 Å². The topological polar surface area (TPSA) is 88.9 Å². The van der Waals surface area contributed by atoms with E-state index < -0.39 is 11.3 Å². The zero-order valence-electron chi connectivity index (χ0n) is 16.9. The van der Waals surface area contributed by atoms with Gasteiger partial charge in [-0.15, -0.1) is 10.2 Å². The number of amides is 3. The molecule has 2 N–H and O–H groups in total. The fraction of sp³-hybridized carbons (Fsp3) is 0.273. The van der Waals surface area contributed by atoms with Crippen LogP contribution in [0, 0.1) is 0 Å². The largest absolute Gasteiger partial charge is 0.335 e. The minimum atomic E-state index is -0.537. The molecule has 3 aromatic rings. The number of hydrogen-bond acceptors (Lipinski definition) is 5. The first-order valence-electron chi connectivity index (χ1n) is 10.0. The molecule has 31 heavy (non-hydrogen) atoms. The van der Waals surface area contributed by atoms with Gasteiger partial charge in [-0.25, -0.2) is 4.79 Å².